The highest BCUT2D eigenvalue weighted by atomic mass is 32.2. The number of nitrogens with one attached hydrogen (secondary N) is 1. The van der Waals surface area contributed by atoms with Crippen molar-refractivity contribution in [2.45, 2.75) is 18.2 Å². The van der Waals surface area contributed by atoms with Crippen LogP contribution < -0.4 is 9.62 Å². The average molecular weight is 408 g/mol. The summed E-state index contributed by atoms with van der Waals surface area (Å²) in [5.74, 6) is -3.89. The number of benzene rings is 2. The van der Waals surface area contributed by atoms with E-state index in [1.54, 1.807) is 6.07 Å². The van der Waals surface area contributed by atoms with Gasteiger partial charge in [0.15, 0.2) is 17.4 Å². The zero-order valence-corrected chi connectivity index (χ0v) is 15.5. The topological polar surface area (TPSA) is 68.5 Å². The molecule has 5 nitrogen and oxygen atoms in total. The summed E-state index contributed by atoms with van der Waals surface area (Å²) in [7, 11) is 0. The van der Waals surface area contributed by atoms with Gasteiger partial charge in [0, 0.05) is 30.9 Å². The summed E-state index contributed by atoms with van der Waals surface area (Å²) in [5.41, 5.74) is 0.888. The van der Waals surface area contributed by atoms with Crippen molar-refractivity contribution in [1.82, 2.24) is 4.72 Å². The van der Waals surface area contributed by atoms with Crippen LogP contribution in [-0.2, 0) is 11.4 Å². The van der Waals surface area contributed by atoms with Gasteiger partial charge in [-0.15, -0.1) is 0 Å². The van der Waals surface area contributed by atoms with Crippen molar-refractivity contribution in [3.05, 3.63) is 59.1 Å². The van der Waals surface area contributed by atoms with Crippen LogP contribution in [0.25, 0.3) is 11.0 Å². The average Bonchev–Trinajstić information content (AvgIpc) is 3.02. The maximum absolute atomic E-state index is 14.3. The minimum absolute atomic E-state index is 0.0864. The lowest BCUT2D eigenvalue weighted by Gasteiger charge is -2.33. The van der Waals surface area contributed by atoms with Gasteiger partial charge in [-0.05, 0) is 31.0 Å². The number of fused-ring (bicyclic) bond motifs is 1. The van der Waals surface area contributed by atoms with E-state index in [0.717, 1.165) is 25.6 Å². The number of rotatable bonds is 4. The van der Waals surface area contributed by atoms with Gasteiger partial charge in [-0.1, -0.05) is 6.07 Å². The Morgan fingerprint density at radius 2 is 1.93 bits per heavy atom. The van der Waals surface area contributed by atoms with Gasteiger partial charge in [-0.25, -0.2) is 13.2 Å². The second-order valence-corrected chi connectivity index (χ2v) is 7.65. The van der Waals surface area contributed by atoms with Gasteiger partial charge in [0.2, 0.25) is 0 Å². The van der Waals surface area contributed by atoms with Crippen LogP contribution in [0.2, 0.25) is 0 Å². The smallest absolute Gasteiger partial charge is 0.328 e. The Morgan fingerprint density at radius 1 is 1.18 bits per heavy atom. The van der Waals surface area contributed by atoms with E-state index in [0.29, 0.717) is 5.69 Å². The molecule has 1 fully saturated rings. The van der Waals surface area contributed by atoms with E-state index < -0.39 is 39.6 Å². The highest BCUT2D eigenvalue weighted by Crippen LogP contribution is 2.30. The molecule has 1 atom stereocenters. The third-order valence-electron chi connectivity index (χ3n) is 4.63. The van der Waals surface area contributed by atoms with Crippen molar-refractivity contribution >= 4 is 33.9 Å². The summed E-state index contributed by atoms with van der Waals surface area (Å²) in [4.78, 5) is 13.5. The number of aryl methyl sites for hydroxylation is 1. The number of halogens is 3. The van der Waals surface area contributed by atoms with Gasteiger partial charge in [0.05, 0.1) is 5.39 Å². The monoisotopic (exact) mass is 408 g/mol. The molecule has 0 saturated carbocycles. The standard InChI is InChI=1S/C19H15F3N2O3S/c1-10-3-4-13(20)18(17(10)22)28(26)23-19(25)16-9-12-14(21)7-11(8-15(12)27-16)24-5-2-6-24/h3-4,7-9H,2,5-6H2,1H3,(H,23,25). The fraction of sp³-hybridized carbons (Fsp3) is 0.211. The van der Waals surface area contributed by atoms with Crippen LogP contribution in [0.15, 0.2) is 39.6 Å². The molecule has 1 unspecified atom stereocenters. The van der Waals surface area contributed by atoms with Crippen molar-refractivity contribution < 1.29 is 26.9 Å². The first-order valence-corrected chi connectivity index (χ1v) is 9.65. The van der Waals surface area contributed by atoms with Gasteiger partial charge in [-0.3, -0.25) is 4.79 Å². The second-order valence-electron chi connectivity index (χ2n) is 6.50. The number of anilines is 1. The maximum Gasteiger partial charge on any atom is 0.328 e. The summed E-state index contributed by atoms with van der Waals surface area (Å²) in [5, 5.41) is 0.0909. The Bertz CT molecular complexity index is 1080. The van der Waals surface area contributed by atoms with E-state index in [4.69, 9.17) is 4.42 Å². The number of carbonyl (C=O) groups is 1. The highest BCUT2D eigenvalue weighted by Gasteiger charge is 2.28. The van der Waals surface area contributed by atoms with Crippen molar-refractivity contribution in [3.8, 4) is 0 Å². The molecule has 0 radical (unpaired) electrons. The van der Waals surface area contributed by atoms with Crippen LogP contribution in [0.4, 0.5) is 18.9 Å². The molecule has 4 rings (SSSR count). The molecule has 28 heavy (non-hydrogen) atoms. The fourth-order valence-electron chi connectivity index (χ4n) is 2.94. The van der Waals surface area contributed by atoms with Crippen LogP contribution in [-0.4, -0.2) is 23.5 Å². The van der Waals surface area contributed by atoms with Crippen LogP contribution >= 0.6 is 0 Å². The summed E-state index contributed by atoms with van der Waals surface area (Å²) in [6, 6.07) is 6.30. The van der Waals surface area contributed by atoms with E-state index in [2.05, 4.69) is 0 Å². The lowest BCUT2D eigenvalue weighted by molar-refractivity contribution is 0.0956. The lowest BCUT2D eigenvalue weighted by Crippen LogP contribution is -2.36. The molecule has 0 bridgehead atoms. The maximum atomic E-state index is 14.3. The summed E-state index contributed by atoms with van der Waals surface area (Å²) < 4.78 is 61.9. The Hall–Kier alpha value is -2.65. The largest absolute Gasteiger partial charge is 0.588 e. The molecule has 2 heterocycles. The molecule has 0 aliphatic carbocycles. The number of hydrogen-bond donors (Lipinski definition) is 1. The van der Waals surface area contributed by atoms with Crippen molar-refractivity contribution in [1.29, 1.82) is 0 Å². The van der Waals surface area contributed by atoms with E-state index in [-0.39, 0.29) is 22.3 Å². The normalized spacial score (nSPS) is 14.8. The van der Waals surface area contributed by atoms with Gasteiger partial charge in [-0.2, -0.15) is 4.72 Å². The summed E-state index contributed by atoms with van der Waals surface area (Å²) in [6.07, 6.45) is 1.02. The third-order valence-corrected chi connectivity index (χ3v) is 5.75. The van der Waals surface area contributed by atoms with E-state index in [9.17, 15) is 22.5 Å². The van der Waals surface area contributed by atoms with Gasteiger partial charge in [0.1, 0.15) is 22.8 Å². The molecular weight excluding hydrogens is 393 g/mol. The fourth-order valence-corrected chi connectivity index (χ4v) is 3.88. The lowest BCUT2D eigenvalue weighted by atomic mass is 10.1. The molecule has 1 aliphatic rings. The molecule has 1 aromatic heterocycles. The molecule has 9 heteroatoms. The molecule has 2 aromatic carbocycles. The second kappa shape index (κ2) is 7.06. The van der Waals surface area contributed by atoms with Gasteiger partial charge in [0.25, 0.3) is 4.90 Å². The minimum Gasteiger partial charge on any atom is -0.588 e. The van der Waals surface area contributed by atoms with Crippen molar-refractivity contribution in [2.75, 3.05) is 18.0 Å². The quantitative estimate of drug-likeness (QED) is 0.667. The predicted octanol–water partition coefficient (Wildman–Crippen LogP) is 3.82. The van der Waals surface area contributed by atoms with E-state index in [1.807, 2.05) is 9.62 Å². The number of furan rings is 1. The molecule has 1 amide bonds. The molecule has 0 spiro atoms. The summed E-state index contributed by atoms with van der Waals surface area (Å²) in [6.45, 7) is 3.01. The highest BCUT2D eigenvalue weighted by molar-refractivity contribution is 7.90. The number of hydrogen-bond acceptors (Lipinski definition) is 4. The third kappa shape index (κ3) is 3.20. The van der Waals surface area contributed by atoms with Crippen molar-refractivity contribution in [2.24, 2.45) is 0 Å². The van der Waals surface area contributed by atoms with E-state index in [1.165, 1.54) is 25.1 Å². The number of nitrogens with zero attached hydrogens (tertiary/aromatic N) is 1. The minimum atomic E-state index is -2.49. The van der Waals surface area contributed by atoms with Crippen LogP contribution in [0.5, 0.6) is 0 Å². The molecular formula is C19H15F3N2O3S. The number of carbonyl (C=O) groups excluding carboxylic acids is 1. The van der Waals surface area contributed by atoms with Crippen LogP contribution in [0.3, 0.4) is 0 Å². The zero-order valence-electron chi connectivity index (χ0n) is 14.7. The molecule has 3 aromatic rings. The SMILES string of the molecule is Cc1ccc(F)c([S+]([O-])NC(=O)c2cc3c(F)cc(N4CCC4)cc3o2)c1F. The van der Waals surface area contributed by atoms with Crippen molar-refractivity contribution in [3.63, 3.8) is 0 Å². The Balaban J connectivity index is 1.60. The first kappa shape index (κ1) is 18.7. The molecule has 146 valence electrons. The molecule has 1 saturated heterocycles. The van der Waals surface area contributed by atoms with Gasteiger partial charge < -0.3 is 13.9 Å². The first-order valence-electron chi connectivity index (χ1n) is 8.50. The van der Waals surface area contributed by atoms with Crippen LogP contribution in [0, 0.1) is 24.4 Å². The Kier molecular flexibility index (Phi) is 4.72. The summed E-state index contributed by atoms with van der Waals surface area (Å²) >= 11 is -2.49. The van der Waals surface area contributed by atoms with Gasteiger partial charge >= 0.3 is 5.91 Å². The van der Waals surface area contributed by atoms with Crippen LogP contribution in [0.1, 0.15) is 22.5 Å². The predicted molar refractivity (Wildman–Crippen MR) is 98.0 cm³/mol. The molecule has 1 N–H and O–H groups in total. The zero-order chi connectivity index (χ0) is 20.0. The Labute approximate surface area is 161 Å². The van der Waals surface area contributed by atoms with E-state index >= 15 is 0 Å². The number of amides is 1. The molecule has 1 aliphatic heterocycles. The first-order chi connectivity index (χ1) is 13.3. The Morgan fingerprint density at radius 3 is 2.61 bits per heavy atom.